The average molecular weight is 454 g/mol. The van der Waals surface area contributed by atoms with E-state index in [-0.39, 0.29) is 11.5 Å². The third-order valence-corrected chi connectivity index (χ3v) is 7.19. The number of hydrogen-bond acceptors (Lipinski definition) is 6. The number of anilines is 1. The van der Waals surface area contributed by atoms with Crippen LogP contribution in [0, 0.1) is 20.8 Å². The molecule has 0 spiro atoms. The summed E-state index contributed by atoms with van der Waals surface area (Å²) in [6.07, 6.45) is 0.851. The van der Waals surface area contributed by atoms with E-state index in [1.54, 1.807) is 32.4 Å². The normalized spacial score (nSPS) is 20.4. The van der Waals surface area contributed by atoms with Crippen LogP contribution in [0.2, 0.25) is 0 Å². The van der Waals surface area contributed by atoms with E-state index in [1.165, 1.54) is 5.56 Å². The van der Waals surface area contributed by atoms with Gasteiger partial charge < -0.3 is 24.8 Å². The largest absolute Gasteiger partial charge is 0.493 e. The smallest absolute Gasteiger partial charge is 0.254 e. The van der Waals surface area contributed by atoms with Gasteiger partial charge in [0.2, 0.25) is 0 Å². The molecule has 7 heteroatoms. The lowest BCUT2D eigenvalue weighted by molar-refractivity contribution is 0.0342. The van der Waals surface area contributed by atoms with Crippen LogP contribution in [0.4, 0.5) is 5.69 Å². The third-order valence-electron chi connectivity index (χ3n) is 7.19. The molecule has 0 saturated carbocycles. The summed E-state index contributed by atoms with van der Waals surface area (Å²) in [7, 11) is 3.16. The van der Waals surface area contributed by atoms with E-state index in [0.29, 0.717) is 30.2 Å². The minimum Gasteiger partial charge on any atom is -0.493 e. The number of nitrogen functional groups attached to an aromatic ring is 1. The molecule has 4 rings (SSSR count). The van der Waals surface area contributed by atoms with Crippen LogP contribution in [0.3, 0.4) is 0 Å². The highest BCUT2D eigenvalue weighted by Gasteiger charge is 2.40. The van der Waals surface area contributed by atoms with Gasteiger partial charge >= 0.3 is 0 Å². The highest BCUT2D eigenvalue weighted by atomic mass is 16.5. The molecule has 0 aliphatic carbocycles. The Labute approximate surface area is 196 Å². The number of benzene rings is 2. The van der Waals surface area contributed by atoms with Crippen LogP contribution in [0.25, 0.3) is 0 Å². The van der Waals surface area contributed by atoms with Crippen molar-refractivity contribution >= 4 is 11.6 Å². The first-order valence-electron chi connectivity index (χ1n) is 11.5. The summed E-state index contributed by atoms with van der Waals surface area (Å²) in [5, 5.41) is 0. The lowest BCUT2D eigenvalue weighted by atomic mass is 9.91. The molecule has 1 atom stereocenters. The summed E-state index contributed by atoms with van der Waals surface area (Å²) in [4.78, 5) is 17.3. The highest BCUT2D eigenvalue weighted by molar-refractivity contribution is 5.95. The Morgan fingerprint density at radius 1 is 1.03 bits per heavy atom. The molecule has 2 aromatic carbocycles. The number of piperazine rings is 1. The van der Waals surface area contributed by atoms with Gasteiger partial charge in [0.15, 0.2) is 11.5 Å². The fraction of sp³-hybridized carbons (Fsp3) is 0.500. The molecule has 7 nitrogen and oxygen atoms in total. The number of ether oxygens (including phenoxy) is 3. The van der Waals surface area contributed by atoms with E-state index in [1.807, 2.05) is 4.90 Å². The van der Waals surface area contributed by atoms with E-state index in [4.69, 9.17) is 19.9 Å². The summed E-state index contributed by atoms with van der Waals surface area (Å²) in [5.74, 6) is 2.20. The summed E-state index contributed by atoms with van der Waals surface area (Å²) in [5.41, 5.74) is 12.2. The van der Waals surface area contributed by atoms with Crippen LogP contribution in [0.1, 0.15) is 39.5 Å². The molecule has 178 valence electrons. The van der Waals surface area contributed by atoms with E-state index in [9.17, 15) is 4.79 Å². The van der Waals surface area contributed by atoms with Gasteiger partial charge in [0, 0.05) is 56.0 Å². The summed E-state index contributed by atoms with van der Waals surface area (Å²) < 4.78 is 17.2. The standard InChI is InChI=1S/C26H35N3O4/c1-16-17(2)24-20(18(3)23(16)27)14-26(4,33-24)15-28-9-11-29(12-10-28)25(30)19-7-8-21(31-5)22(13-19)32-6/h7-8,13H,9-12,14-15,27H2,1-6H3. The number of amides is 1. The Bertz CT molecular complexity index is 1040. The number of fused-ring (bicyclic) bond motifs is 1. The van der Waals surface area contributed by atoms with Crippen LogP contribution >= 0.6 is 0 Å². The van der Waals surface area contributed by atoms with Gasteiger partial charge in [0.25, 0.3) is 5.91 Å². The van der Waals surface area contributed by atoms with Crippen molar-refractivity contribution < 1.29 is 19.0 Å². The molecule has 0 radical (unpaired) electrons. The molecule has 1 saturated heterocycles. The zero-order valence-electron chi connectivity index (χ0n) is 20.6. The van der Waals surface area contributed by atoms with Crippen LogP contribution in [-0.4, -0.2) is 68.3 Å². The van der Waals surface area contributed by atoms with Crippen molar-refractivity contribution in [2.45, 2.75) is 39.7 Å². The maximum Gasteiger partial charge on any atom is 0.254 e. The van der Waals surface area contributed by atoms with Gasteiger partial charge in [-0.1, -0.05) is 0 Å². The van der Waals surface area contributed by atoms with Crippen molar-refractivity contribution in [1.82, 2.24) is 9.80 Å². The Balaban J connectivity index is 1.39. The van der Waals surface area contributed by atoms with Crippen LogP contribution in [0.15, 0.2) is 18.2 Å². The van der Waals surface area contributed by atoms with E-state index in [0.717, 1.165) is 54.2 Å². The Morgan fingerprint density at radius 2 is 1.70 bits per heavy atom. The van der Waals surface area contributed by atoms with Crippen molar-refractivity contribution in [3.8, 4) is 17.2 Å². The van der Waals surface area contributed by atoms with Crippen molar-refractivity contribution in [1.29, 1.82) is 0 Å². The number of nitrogens with two attached hydrogens (primary N) is 1. The van der Waals surface area contributed by atoms with Crippen molar-refractivity contribution in [3.05, 3.63) is 46.0 Å². The molecule has 0 bridgehead atoms. The Morgan fingerprint density at radius 3 is 2.33 bits per heavy atom. The number of rotatable bonds is 5. The molecule has 33 heavy (non-hydrogen) atoms. The summed E-state index contributed by atoms with van der Waals surface area (Å²) in [6, 6.07) is 5.31. The van der Waals surface area contributed by atoms with E-state index >= 15 is 0 Å². The molecule has 1 amide bonds. The van der Waals surface area contributed by atoms with Gasteiger partial charge in [0.05, 0.1) is 14.2 Å². The van der Waals surface area contributed by atoms with Gasteiger partial charge in [-0.15, -0.1) is 0 Å². The maximum atomic E-state index is 13.0. The molecule has 2 heterocycles. The van der Waals surface area contributed by atoms with Gasteiger partial charge in [-0.25, -0.2) is 0 Å². The molecule has 2 aliphatic rings. The number of nitrogens with zero attached hydrogens (tertiary/aromatic N) is 2. The van der Waals surface area contributed by atoms with Crippen molar-refractivity contribution in [2.24, 2.45) is 0 Å². The summed E-state index contributed by atoms with van der Waals surface area (Å²) >= 11 is 0. The minimum atomic E-state index is -0.298. The second-order valence-corrected chi connectivity index (χ2v) is 9.46. The number of hydrogen-bond donors (Lipinski definition) is 1. The van der Waals surface area contributed by atoms with Crippen LogP contribution in [0.5, 0.6) is 17.2 Å². The van der Waals surface area contributed by atoms with Gasteiger partial charge in [-0.05, 0) is 62.6 Å². The topological polar surface area (TPSA) is 77.3 Å². The van der Waals surface area contributed by atoms with Crippen molar-refractivity contribution in [2.75, 3.05) is 52.7 Å². The van der Waals surface area contributed by atoms with Gasteiger partial charge in [0.1, 0.15) is 11.4 Å². The van der Waals surface area contributed by atoms with Gasteiger partial charge in [-0.3, -0.25) is 9.69 Å². The molecule has 1 unspecified atom stereocenters. The van der Waals surface area contributed by atoms with E-state index in [2.05, 4.69) is 32.6 Å². The average Bonchev–Trinajstić information content (AvgIpc) is 3.18. The highest BCUT2D eigenvalue weighted by Crippen LogP contribution is 2.44. The number of methoxy groups -OCH3 is 2. The number of carbonyl (C=O) groups is 1. The Kier molecular flexibility index (Phi) is 6.18. The lowest BCUT2D eigenvalue weighted by Crippen LogP contribution is -2.53. The maximum absolute atomic E-state index is 13.0. The SMILES string of the molecule is COc1ccc(C(=O)N2CCN(CC3(C)Cc4c(C)c(N)c(C)c(C)c4O3)CC2)cc1OC. The first-order chi connectivity index (χ1) is 15.7. The molecule has 2 N–H and O–H groups in total. The quantitative estimate of drug-likeness (QED) is 0.700. The number of carbonyl (C=O) groups excluding carboxylic acids is 1. The minimum absolute atomic E-state index is 0.0172. The second-order valence-electron chi connectivity index (χ2n) is 9.46. The zero-order valence-corrected chi connectivity index (χ0v) is 20.6. The molecule has 1 fully saturated rings. The lowest BCUT2D eigenvalue weighted by Gasteiger charge is -2.38. The predicted octanol–water partition coefficient (Wildman–Crippen LogP) is 3.36. The molecule has 2 aromatic rings. The fourth-order valence-electron chi connectivity index (χ4n) is 5.04. The molecular weight excluding hydrogens is 418 g/mol. The van der Waals surface area contributed by atoms with Crippen LogP contribution < -0.4 is 19.9 Å². The molecular formula is C26H35N3O4. The summed E-state index contributed by atoms with van der Waals surface area (Å²) in [6.45, 7) is 12.2. The second kappa shape index (κ2) is 8.78. The fourth-order valence-corrected chi connectivity index (χ4v) is 5.04. The first kappa shape index (κ1) is 23.2. The van der Waals surface area contributed by atoms with Gasteiger partial charge in [-0.2, -0.15) is 0 Å². The van der Waals surface area contributed by atoms with Crippen molar-refractivity contribution in [3.63, 3.8) is 0 Å². The zero-order chi connectivity index (χ0) is 23.9. The Hall–Kier alpha value is -2.93. The van der Waals surface area contributed by atoms with E-state index < -0.39 is 0 Å². The molecule has 0 aromatic heterocycles. The van der Waals surface area contributed by atoms with Crippen LogP contribution in [-0.2, 0) is 6.42 Å². The first-order valence-corrected chi connectivity index (χ1v) is 11.5. The third kappa shape index (κ3) is 4.22. The monoisotopic (exact) mass is 453 g/mol. The predicted molar refractivity (Wildman–Crippen MR) is 130 cm³/mol. The molecule has 2 aliphatic heterocycles.